The molecule has 0 saturated heterocycles. The molecule has 0 fully saturated rings. The Morgan fingerprint density at radius 3 is 0.923 bits per heavy atom. The molecular weight excluding hydrogens is 184 g/mol. The van der Waals surface area contributed by atoms with Crippen molar-refractivity contribution in [1.29, 1.82) is 0 Å². The van der Waals surface area contributed by atoms with Crippen LogP contribution in [-0.4, -0.2) is 35.0 Å². The Kier molecular flexibility index (Phi) is 13.9. The zero-order valence-electron chi connectivity index (χ0n) is 8.49. The second-order valence-corrected chi connectivity index (χ2v) is 2.95. The van der Waals surface area contributed by atoms with Crippen LogP contribution in [-0.2, 0) is 9.59 Å². The molecule has 0 aromatic carbocycles. The minimum Gasteiger partial charge on any atom is -0.550 e. The Bertz CT molecular complexity index is 136. The fourth-order valence-corrected chi connectivity index (χ4v) is 0. The van der Waals surface area contributed by atoms with E-state index >= 15 is 0 Å². The summed E-state index contributed by atoms with van der Waals surface area (Å²) in [6.45, 7) is 6.31. The molecule has 0 aromatic rings. The molecule has 0 spiro atoms. The van der Waals surface area contributed by atoms with E-state index in [2.05, 4.69) is 0 Å². The number of rotatable bonds is 2. The Morgan fingerprint density at radius 2 is 0.923 bits per heavy atom. The molecule has 0 rings (SSSR count). The van der Waals surface area contributed by atoms with Gasteiger partial charge in [0, 0.05) is 11.9 Å². The molecule has 0 aromatic heterocycles. The van der Waals surface area contributed by atoms with Crippen LogP contribution >= 0.6 is 0 Å². The SMILES string of the molecule is CC(C)C(=O)[O-].CC(C)C(=O)[O-].[Mg+2]. The first-order valence-electron chi connectivity index (χ1n) is 3.70. The Balaban J connectivity index is -0.000000143. The molecule has 0 amide bonds. The van der Waals surface area contributed by atoms with E-state index in [-0.39, 0.29) is 34.9 Å². The topological polar surface area (TPSA) is 80.3 Å². The van der Waals surface area contributed by atoms with E-state index in [1.54, 1.807) is 27.7 Å². The summed E-state index contributed by atoms with van der Waals surface area (Å²) in [4.78, 5) is 19.2. The standard InChI is InChI=1S/2C4H8O2.Mg/c2*1-3(2)4(5)6;/h2*3H,1-2H3,(H,5,6);/q;;+2/p-2. The summed E-state index contributed by atoms with van der Waals surface area (Å²) in [5.74, 6) is -2.67. The number of carboxylic acids is 2. The van der Waals surface area contributed by atoms with Gasteiger partial charge in [0.05, 0.1) is 0 Å². The van der Waals surface area contributed by atoms with Crippen LogP contribution in [0.5, 0.6) is 0 Å². The summed E-state index contributed by atoms with van der Waals surface area (Å²) in [7, 11) is 0. The van der Waals surface area contributed by atoms with Gasteiger partial charge in [-0.2, -0.15) is 0 Å². The summed E-state index contributed by atoms with van der Waals surface area (Å²) in [6, 6.07) is 0. The number of hydrogen-bond acceptors (Lipinski definition) is 4. The monoisotopic (exact) mass is 198 g/mol. The fraction of sp³-hybridized carbons (Fsp3) is 0.750. The number of carboxylic acid groups (broad SMARTS) is 2. The van der Waals surface area contributed by atoms with Crippen LogP contribution in [0.4, 0.5) is 0 Å². The molecule has 0 unspecified atom stereocenters. The minimum atomic E-state index is -0.991. The van der Waals surface area contributed by atoms with Crippen molar-refractivity contribution in [1.82, 2.24) is 0 Å². The Hall–Kier alpha value is -0.294. The zero-order chi connectivity index (χ0) is 10.3. The average Bonchev–Trinajstić information content (AvgIpc) is 1.88. The number of hydrogen-bond donors (Lipinski definition) is 0. The third-order valence-electron chi connectivity index (χ3n) is 0.943. The van der Waals surface area contributed by atoms with Gasteiger partial charge >= 0.3 is 23.1 Å². The van der Waals surface area contributed by atoms with Gasteiger partial charge in [-0.25, -0.2) is 0 Å². The van der Waals surface area contributed by atoms with Crippen LogP contribution in [0.15, 0.2) is 0 Å². The van der Waals surface area contributed by atoms with E-state index in [4.69, 9.17) is 0 Å². The van der Waals surface area contributed by atoms with E-state index < -0.39 is 11.9 Å². The van der Waals surface area contributed by atoms with Gasteiger partial charge < -0.3 is 19.8 Å². The zero-order valence-corrected chi connectivity index (χ0v) is 9.91. The van der Waals surface area contributed by atoms with Gasteiger partial charge in [-0.1, -0.05) is 27.7 Å². The minimum absolute atomic E-state index is 0. The van der Waals surface area contributed by atoms with Crippen LogP contribution in [0.3, 0.4) is 0 Å². The van der Waals surface area contributed by atoms with Crippen molar-refractivity contribution in [3.63, 3.8) is 0 Å². The van der Waals surface area contributed by atoms with Crippen molar-refractivity contribution in [3.05, 3.63) is 0 Å². The van der Waals surface area contributed by atoms with Crippen LogP contribution in [0.1, 0.15) is 27.7 Å². The van der Waals surface area contributed by atoms with Crippen molar-refractivity contribution >= 4 is 35.0 Å². The normalized spacial score (nSPS) is 8.46. The number of aliphatic carboxylic acids is 2. The maximum absolute atomic E-state index is 9.59. The maximum Gasteiger partial charge on any atom is 2.00 e. The first kappa shape index (κ1) is 18.5. The van der Waals surface area contributed by atoms with Crippen LogP contribution in [0.25, 0.3) is 0 Å². The predicted octanol–water partition coefficient (Wildman–Crippen LogP) is -1.60. The van der Waals surface area contributed by atoms with Crippen molar-refractivity contribution < 1.29 is 19.8 Å². The molecule has 4 nitrogen and oxygen atoms in total. The molecule has 0 atom stereocenters. The number of carbonyl (C=O) groups excluding carboxylic acids is 2. The second kappa shape index (κ2) is 9.79. The first-order valence-corrected chi connectivity index (χ1v) is 3.70. The summed E-state index contributed by atoms with van der Waals surface area (Å²) < 4.78 is 0. The van der Waals surface area contributed by atoms with Gasteiger partial charge in [0.25, 0.3) is 0 Å². The van der Waals surface area contributed by atoms with Crippen molar-refractivity contribution in [3.8, 4) is 0 Å². The third-order valence-corrected chi connectivity index (χ3v) is 0.943. The molecule has 0 radical (unpaired) electrons. The first-order chi connectivity index (χ1) is 5.29. The van der Waals surface area contributed by atoms with Crippen LogP contribution in [0.2, 0.25) is 0 Å². The average molecular weight is 199 g/mol. The molecule has 0 N–H and O–H groups in total. The summed E-state index contributed by atoms with van der Waals surface area (Å²) in [5, 5.41) is 19.2. The van der Waals surface area contributed by atoms with Crippen LogP contribution in [0, 0.1) is 11.8 Å². The quantitative estimate of drug-likeness (QED) is 0.501. The molecule has 0 aliphatic heterocycles. The van der Waals surface area contributed by atoms with Gasteiger partial charge in [0.1, 0.15) is 0 Å². The van der Waals surface area contributed by atoms with E-state index in [1.807, 2.05) is 0 Å². The molecule has 0 aliphatic rings. The summed E-state index contributed by atoms with van der Waals surface area (Å²) >= 11 is 0. The maximum atomic E-state index is 9.59. The van der Waals surface area contributed by atoms with Crippen molar-refractivity contribution in [2.45, 2.75) is 27.7 Å². The predicted molar refractivity (Wildman–Crippen MR) is 45.4 cm³/mol. The summed E-state index contributed by atoms with van der Waals surface area (Å²) in [5.41, 5.74) is 0. The van der Waals surface area contributed by atoms with E-state index in [0.717, 1.165) is 0 Å². The van der Waals surface area contributed by atoms with Gasteiger partial charge in [-0.3, -0.25) is 0 Å². The summed E-state index contributed by atoms with van der Waals surface area (Å²) in [6.07, 6.45) is 0. The van der Waals surface area contributed by atoms with Gasteiger partial charge in [0.2, 0.25) is 0 Å². The smallest absolute Gasteiger partial charge is 0.550 e. The molecule has 0 bridgehead atoms. The van der Waals surface area contributed by atoms with Crippen molar-refractivity contribution in [2.24, 2.45) is 11.8 Å². The molecule has 13 heavy (non-hydrogen) atoms. The third kappa shape index (κ3) is 18.6. The van der Waals surface area contributed by atoms with Gasteiger partial charge in [-0.15, -0.1) is 0 Å². The van der Waals surface area contributed by atoms with E-state index in [9.17, 15) is 19.8 Å². The number of carbonyl (C=O) groups is 2. The second-order valence-electron chi connectivity index (χ2n) is 2.95. The van der Waals surface area contributed by atoms with E-state index in [1.165, 1.54) is 0 Å². The Morgan fingerprint density at radius 1 is 0.846 bits per heavy atom. The fourth-order valence-electron chi connectivity index (χ4n) is 0. The van der Waals surface area contributed by atoms with Crippen molar-refractivity contribution in [2.75, 3.05) is 0 Å². The molecule has 0 heterocycles. The van der Waals surface area contributed by atoms with E-state index in [0.29, 0.717) is 0 Å². The Labute approximate surface area is 94.5 Å². The van der Waals surface area contributed by atoms with Gasteiger partial charge in [-0.05, 0) is 11.8 Å². The van der Waals surface area contributed by atoms with Crippen LogP contribution < -0.4 is 10.2 Å². The molecule has 72 valence electrons. The molecule has 0 aliphatic carbocycles. The molecule has 5 heteroatoms. The largest absolute Gasteiger partial charge is 2.00 e. The van der Waals surface area contributed by atoms with Gasteiger partial charge in [0.15, 0.2) is 0 Å². The molecular formula is C8H14MgO4. The molecule has 0 saturated carbocycles.